The van der Waals surface area contributed by atoms with Crippen LogP contribution in [0, 0.1) is 0 Å². The van der Waals surface area contributed by atoms with Gasteiger partial charge in [-0.25, -0.2) is 4.98 Å². The van der Waals surface area contributed by atoms with Crippen LogP contribution in [0.5, 0.6) is 11.6 Å². The lowest BCUT2D eigenvalue weighted by Crippen LogP contribution is -2.17. The van der Waals surface area contributed by atoms with Gasteiger partial charge in [0.05, 0.1) is 17.3 Å². The first-order valence-corrected chi connectivity index (χ1v) is 10.8. The second kappa shape index (κ2) is 9.45. The van der Waals surface area contributed by atoms with Crippen LogP contribution in [0.15, 0.2) is 78.0 Å². The Morgan fingerprint density at radius 3 is 2.39 bits per heavy atom. The second-order valence-corrected chi connectivity index (χ2v) is 7.97. The van der Waals surface area contributed by atoms with Gasteiger partial charge in [0.2, 0.25) is 5.91 Å². The quantitative estimate of drug-likeness (QED) is 0.351. The molecule has 10 heteroatoms. The molecule has 0 atom stereocenters. The molecular formula is C23H18F3N3O3S. The number of nitrogens with zero attached hydrogens (tertiary/aromatic N) is 2. The van der Waals surface area contributed by atoms with E-state index in [4.69, 9.17) is 0 Å². The fraction of sp³-hybridized carbons (Fsp3) is 0.130. The first-order chi connectivity index (χ1) is 15.8. The van der Waals surface area contributed by atoms with Crippen LogP contribution >= 0.6 is 11.8 Å². The van der Waals surface area contributed by atoms with Crippen molar-refractivity contribution >= 4 is 34.3 Å². The summed E-state index contributed by atoms with van der Waals surface area (Å²) in [5, 5.41) is 15.6. The van der Waals surface area contributed by atoms with Crippen LogP contribution in [0.3, 0.4) is 0 Å². The maximum atomic E-state index is 12.4. The minimum absolute atomic E-state index is 0.00820. The zero-order valence-corrected chi connectivity index (χ0v) is 17.9. The van der Waals surface area contributed by atoms with E-state index in [-0.39, 0.29) is 29.8 Å². The molecule has 0 aliphatic heterocycles. The van der Waals surface area contributed by atoms with E-state index >= 15 is 0 Å². The summed E-state index contributed by atoms with van der Waals surface area (Å²) >= 11 is 1.24. The Kier molecular flexibility index (Phi) is 6.45. The Balaban J connectivity index is 1.56. The van der Waals surface area contributed by atoms with E-state index in [1.807, 2.05) is 12.1 Å². The maximum absolute atomic E-state index is 12.4. The third-order valence-corrected chi connectivity index (χ3v) is 5.79. The van der Waals surface area contributed by atoms with Gasteiger partial charge in [0.15, 0.2) is 5.88 Å². The minimum Gasteiger partial charge on any atom is -0.494 e. The number of ether oxygens (including phenoxy) is 1. The molecular weight excluding hydrogens is 455 g/mol. The van der Waals surface area contributed by atoms with Crippen molar-refractivity contribution < 1.29 is 27.8 Å². The Hall–Kier alpha value is -3.66. The number of pyridine rings is 1. The van der Waals surface area contributed by atoms with E-state index in [2.05, 4.69) is 15.0 Å². The van der Waals surface area contributed by atoms with Gasteiger partial charge >= 0.3 is 6.36 Å². The van der Waals surface area contributed by atoms with Crippen molar-refractivity contribution in [2.45, 2.75) is 17.9 Å². The molecule has 4 rings (SSSR count). The van der Waals surface area contributed by atoms with Crippen LogP contribution in [-0.4, -0.2) is 32.7 Å². The summed E-state index contributed by atoms with van der Waals surface area (Å²) in [4.78, 5) is 16.5. The predicted octanol–water partition coefficient (Wildman–Crippen LogP) is 5.42. The van der Waals surface area contributed by atoms with Gasteiger partial charge in [-0.05, 0) is 35.9 Å². The summed E-state index contributed by atoms with van der Waals surface area (Å²) in [7, 11) is 0. The van der Waals surface area contributed by atoms with Crippen LogP contribution in [0.1, 0.15) is 5.56 Å². The number of rotatable bonds is 7. The number of carbonyl (C=O) groups excluding carboxylic acids is 1. The molecule has 33 heavy (non-hydrogen) atoms. The first kappa shape index (κ1) is 22.5. The highest BCUT2D eigenvalue weighted by atomic mass is 32.2. The molecule has 0 fully saturated rings. The number of fused-ring (bicyclic) bond motifs is 1. The van der Waals surface area contributed by atoms with Crippen LogP contribution in [0.4, 0.5) is 19.0 Å². The lowest BCUT2D eigenvalue weighted by molar-refractivity contribution is -0.274. The largest absolute Gasteiger partial charge is 0.573 e. The fourth-order valence-corrected chi connectivity index (χ4v) is 4.26. The molecule has 170 valence electrons. The summed E-state index contributed by atoms with van der Waals surface area (Å²) in [6.45, 7) is 0.191. The first-order valence-electron chi connectivity index (χ1n) is 9.79. The van der Waals surface area contributed by atoms with Crippen LogP contribution < -0.4 is 10.1 Å². The molecule has 0 aliphatic rings. The van der Waals surface area contributed by atoms with Gasteiger partial charge in [-0.2, -0.15) is 0 Å². The van der Waals surface area contributed by atoms with Crippen LogP contribution in [0.25, 0.3) is 10.8 Å². The molecule has 0 saturated carbocycles. The molecule has 1 amide bonds. The normalized spacial score (nSPS) is 11.5. The number of alkyl halides is 3. The van der Waals surface area contributed by atoms with Crippen molar-refractivity contribution in [2.75, 3.05) is 11.1 Å². The molecule has 0 aliphatic carbocycles. The second-order valence-electron chi connectivity index (χ2n) is 7.00. The fourth-order valence-electron chi connectivity index (χ4n) is 3.28. The average molecular weight is 473 g/mol. The van der Waals surface area contributed by atoms with E-state index in [1.54, 1.807) is 41.1 Å². The van der Waals surface area contributed by atoms with E-state index in [0.717, 1.165) is 5.39 Å². The Labute approximate surface area is 191 Å². The summed E-state index contributed by atoms with van der Waals surface area (Å²) < 4.78 is 42.7. The van der Waals surface area contributed by atoms with Gasteiger partial charge < -0.3 is 19.7 Å². The average Bonchev–Trinajstić information content (AvgIpc) is 3.04. The molecule has 2 aromatic heterocycles. The number of carbonyl (C=O) groups is 1. The molecule has 0 saturated heterocycles. The van der Waals surface area contributed by atoms with Crippen LogP contribution in [-0.2, 0) is 11.3 Å². The Morgan fingerprint density at radius 2 is 1.73 bits per heavy atom. The summed E-state index contributed by atoms with van der Waals surface area (Å²) in [5.41, 5.74) is 0.653. The molecule has 6 nitrogen and oxygen atoms in total. The molecule has 4 aromatic rings. The number of aromatic hydroxyl groups is 1. The number of hydrogen-bond acceptors (Lipinski definition) is 5. The van der Waals surface area contributed by atoms with Crippen molar-refractivity contribution in [2.24, 2.45) is 0 Å². The highest BCUT2D eigenvalue weighted by molar-refractivity contribution is 8.00. The Bertz CT molecular complexity index is 1260. The number of halogens is 3. The molecule has 2 aromatic carbocycles. The van der Waals surface area contributed by atoms with Crippen molar-refractivity contribution in [3.63, 3.8) is 0 Å². The van der Waals surface area contributed by atoms with Gasteiger partial charge in [-0.15, -0.1) is 13.2 Å². The standard InChI is InChI=1S/C23H18F3N3O3S/c24-23(25,26)32-16-10-8-15(9-11-16)13-29-21(31)17-5-1-2-6-18(17)22(29)33-14-20(30)28-19-7-3-4-12-27-19/h1-12,31H,13-14H2,(H,27,28,30). The summed E-state index contributed by atoms with van der Waals surface area (Å²) in [6.07, 6.45) is -3.19. The zero-order valence-electron chi connectivity index (χ0n) is 17.0. The monoisotopic (exact) mass is 473 g/mol. The van der Waals surface area contributed by atoms with Crippen molar-refractivity contribution in [3.8, 4) is 11.6 Å². The molecule has 0 unspecified atom stereocenters. The number of benzene rings is 2. The third kappa shape index (κ3) is 5.58. The van der Waals surface area contributed by atoms with Crippen LogP contribution in [0.2, 0.25) is 0 Å². The molecule has 0 spiro atoms. The van der Waals surface area contributed by atoms with Crippen molar-refractivity contribution in [3.05, 3.63) is 78.5 Å². The molecule has 2 heterocycles. The minimum atomic E-state index is -4.77. The molecule has 0 bridgehead atoms. The SMILES string of the molecule is O=C(CSc1c2ccccc2c(O)n1Cc1ccc(OC(F)(F)F)cc1)Nc1ccccn1. The summed E-state index contributed by atoms with van der Waals surface area (Å²) in [6, 6.07) is 17.8. The number of aromatic nitrogens is 2. The van der Waals surface area contributed by atoms with Gasteiger partial charge in [0, 0.05) is 17.0 Å². The van der Waals surface area contributed by atoms with Gasteiger partial charge in [-0.3, -0.25) is 4.79 Å². The number of thioether (sulfide) groups is 1. The van der Waals surface area contributed by atoms with Gasteiger partial charge in [0.1, 0.15) is 11.6 Å². The number of amides is 1. The van der Waals surface area contributed by atoms with E-state index < -0.39 is 6.36 Å². The topological polar surface area (TPSA) is 76.4 Å². The van der Waals surface area contributed by atoms with E-state index in [1.165, 1.54) is 36.0 Å². The number of anilines is 1. The number of hydrogen-bond donors (Lipinski definition) is 2. The van der Waals surface area contributed by atoms with E-state index in [9.17, 15) is 23.1 Å². The lowest BCUT2D eigenvalue weighted by atomic mass is 10.2. The van der Waals surface area contributed by atoms with Gasteiger partial charge in [-0.1, -0.05) is 48.2 Å². The smallest absolute Gasteiger partial charge is 0.494 e. The highest BCUT2D eigenvalue weighted by Gasteiger charge is 2.31. The maximum Gasteiger partial charge on any atom is 0.573 e. The number of nitrogens with one attached hydrogen (secondary N) is 1. The predicted molar refractivity (Wildman–Crippen MR) is 119 cm³/mol. The third-order valence-electron chi connectivity index (χ3n) is 4.67. The van der Waals surface area contributed by atoms with Crippen molar-refractivity contribution in [1.29, 1.82) is 0 Å². The lowest BCUT2D eigenvalue weighted by Gasteiger charge is -2.12. The summed E-state index contributed by atoms with van der Waals surface area (Å²) in [5.74, 6) is -0.0682. The highest BCUT2D eigenvalue weighted by Crippen LogP contribution is 2.38. The van der Waals surface area contributed by atoms with E-state index in [0.29, 0.717) is 21.8 Å². The van der Waals surface area contributed by atoms with Crippen molar-refractivity contribution in [1.82, 2.24) is 9.55 Å². The zero-order chi connectivity index (χ0) is 23.4. The van der Waals surface area contributed by atoms with Gasteiger partial charge in [0.25, 0.3) is 0 Å². The molecule has 0 radical (unpaired) electrons. The Morgan fingerprint density at radius 1 is 1.03 bits per heavy atom. The molecule has 2 N–H and O–H groups in total.